The summed E-state index contributed by atoms with van der Waals surface area (Å²) in [5.41, 5.74) is 2.22. The predicted octanol–water partition coefficient (Wildman–Crippen LogP) is 4.25. The van der Waals surface area contributed by atoms with Gasteiger partial charge in [0.15, 0.2) is 0 Å². The van der Waals surface area contributed by atoms with Crippen LogP contribution in [0.2, 0.25) is 0 Å². The number of nitrogens with zero attached hydrogens (tertiary/aromatic N) is 2. The fraction of sp³-hybridized carbons (Fsp3) is 0.312. The van der Waals surface area contributed by atoms with Gasteiger partial charge in [-0.15, -0.1) is 0 Å². The van der Waals surface area contributed by atoms with E-state index in [9.17, 15) is 0 Å². The van der Waals surface area contributed by atoms with Crippen molar-refractivity contribution in [2.75, 3.05) is 13.6 Å². The lowest BCUT2D eigenvalue weighted by Crippen LogP contribution is -2.18. The first kappa shape index (κ1) is 12.4. The van der Waals surface area contributed by atoms with E-state index in [2.05, 4.69) is 63.2 Å². The van der Waals surface area contributed by atoms with Crippen molar-refractivity contribution in [3.05, 3.63) is 40.6 Å². The van der Waals surface area contributed by atoms with Crippen LogP contribution in [0, 0.1) is 0 Å². The molecule has 3 aromatic rings. The van der Waals surface area contributed by atoms with E-state index in [-0.39, 0.29) is 0 Å². The highest BCUT2D eigenvalue weighted by Gasteiger charge is 2.25. The average molecular weight is 330 g/mol. The van der Waals surface area contributed by atoms with E-state index in [1.54, 1.807) is 0 Å². The highest BCUT2D eigenvalue weighted by atomic mass is 79.9. The number of imidazole rings is 1. The molecule has 0 aliphatic carbocycles. The molecule has 0 bridgehead atoms. The smallest absolute Gasteiger partial charge is 0.124 e. The maximum atomic E-state index is 4.89. The molecule has 4 heteroatoms. The van der Waals surface area contributed by atoms with Gasteiger partial charge in [-0.3, -0.25) is 4.90 Å². The molecular weight excluding hydrogens is 314 g/mol. The topological polar surface area (TPSA) is 31.9 Å². The van der Waals surface area contributed by atoms with Crippen molar-refractivity contribution >= 4 is 37.7 Å². The van der Waals surface area contributed by atoms with E-state index in [0.29, 0.717) is 6.04 Å². The lowest BCUT2D eigenvalue weighted by Gasteiger charge is -2.16. The average Bonchev–Trinajstić information content (AvgIpc) is 3.03. The monoisotopic (exact) mass is 329 g/mol. The number of halogens is 1. The number of nitrogens with one attached hydrogen (secondary N) is 1. The Labute approximate surface area is 126 Å². The molecule has 2 heterocycles. The van der Waals surface area contributed by atoms with E-state index in [1.165, 1.54) is 23.6 Å². The Morgan fingerprint density at radius 3 is 3.00 bits per heavy atom. The van der Waals surface area contributed by atoms with Crippen molar-refractivity contribution in [1.29, 1.82) is 0 Å². The van der Waals surface area contributed by atoms with Gasteiger partial charge in [-0.1, -0.05) is 28.1 Å². The minimum atomic E-state index is 0.438. The zero-order valence-corrected chi connectivity index (χ0v) is 12.9. The van der Waals surface area contributed by atoms with Crippen LogP contribution in [0.5, 0.6) is 0 Å². The molecule has 4 rings (SSSR count). The summed E-state index contributed by atoms with van der Waals surface area (Å²) in [7, 11) is 2.18. The number of benzene rings is 2. The zero-order valence-electron chi connectivity index (χ0n) is 11.4. The first-order chi connectivity index (χ1) is 9.72. The molecule has 102 valence electrons. The lowest BCUT2D eigenvalue weighted by molar-refractivity contribution is 0.307. The number of hydrogen-bond donors (Lipinski definition) is 1. The number of aromatic nitrogens is 2. The second-order valence-electron chi connectivity index (χ2n) is 5.59. The first-order valence-corrected chi connectivity index (χ1v) is 7.80. The highest BCUT2D eigenvalue weighted by molar-refractivity contribution is 9.10. The van der Waals surface area contributed by atoms with Gasteiger partial charge in [0, 0.05) is 9.86 Å². The van der Waals surface area contributed by atoms with E-state index in [1.807, 2.05) is 0 Å². The third-order valence-corrected chi connectivity index (χ3v) is 4.78. The predicted molar refractivity (Wildman–Crippen MR) is 85.9 cm³/mol. The van der Waals surface area contributed by atoms with Crippen molar-refractivity contribution in [2.45, 2.75) is 18.9 Å². The van der Waals surface area contributed by atoms with Crippen molar-refractivity contribution in [2.24, 2.45) is 0 Å². The van der Waals surface area contributed by atoms with Crippen molar-refractivity contribution in [1.82, 2.24) is 14.9 Å². The van der Waals surface area contributed by atoms with Crippen LogP contribution in [0.15, 0.2) is 34.8 Å². The van der Waals surface area contributed by atoms with Gasteiger partial charge in [0.1, 0.15) is 5.82 Å². The summed E-state index contributed by atoms with van der Waals surface area (Å²) in [5.74, 6) is 1.11. The Bertz CT molecular complexity index is 793. The van der Waals surface area contributed by atoms with Crippen LogP contribution in [0.4, 0.5) is 0 Å². The maximum Gasteiger partial charge on any atom is 0.124 e. The van der Waals surface area contributed by atoms with Gasteiger partial charge in [-0.25, -0.2) is 4.98 Å². The largest absolute Gasteiger partial charge is 0.341 e. The molecule has 1 fully saturated rings. The number of fused-ring (bicyclic) bond motifs is 3. The molecular formula is C16H16BrN3. The fourth-order valence-corrected chi connectivity index (χ4v) is 3.58. The number of H-pyrrole nitrogens is 1. The van der Waals surface area contributed by atoms with E-state index in [0.717, 1.165) is 27.9 Å². The Kier molecular flexibility index (Phi) is 2.82. The molecule has 1 N–H and O–H groups in total. The summed E-state index contributed by atoms with van der Waals surface area (Å²) in [6.07, 6.45) is 2.45. The van der Waals surface area contributed by atoms with Crippen LogP contribution < -0.4 is 0 Å². The maximum absolute atomic E-state index is 4.89. The van der Waals surface area contributed by atoms with E-state index < -0.39 is 0 Å². The Hall–Kier alpha value is -1.39. The number of likely N-dealkylation sites (tertiary alicyclic amines) is 1. The molecule has 1 saturated heterocycles. The Morgan fingerprint density at radius 1 is 1.30 bits per heavy atom. The van der Waals surface area contributed by atoms with Gasteiger partial charge in [-0.05, 0) is 50.0 Å². The quantitative estimate of drug-likeness (QED) is 0.723. The molecule has 3 nitrogen and oxygen atoms in total. The van der Waals surface area contributed by atoms with Gasteiger partial charge in [-0.2, -0.15) is 0 Å². The molecule has 0 amide bonds. The van der Waals surface area contributed by atoms with Crippen molar-refractivity contribution in [3.8, 4) is 0 Å². The summed E-state index contributed by atoms with van der Waals surface area (Å²) in [4.78, 5) is 10.8. The lowest BCUT2D eigenvalue weighted by atomic mass is 10.1. The third kappa shape index (κ3) is 1.86. The van der Waals surface area contributed by atoms with Gasteiger partial charge in [0.25, 0.3) is 0 Å². The Balaban J connectivity index is 1.92. The second-order valence-corrected chi connectivity index (χ2v) is 6.50. The summed E-state index contributed by atoms with van der Waals surface area (Å²) >= 11 is 3.53. The van der Waals surface area contributed by atoms with Gasteiger partial charge < -0.3 is 4.98 Å². The van der Waals surface area contributed by atoms with Gasteiger partial charge >= 0.3 is 0 Å². The molecule has 1 atom stereocenters. The van der Waals surface area contributed by atoms with Crippen LogP contribution in [-0.2, 0) is 0 Å². The summed E-state index contributed by atoms with van der Waals surface area (Å²) in [5, 5.41) is 2.44. The van der Waals surface area contributed by atoms with Crippen LogP contribution in [0.3, 0.4) is 0 Å². The van der Waals surface area contributed by atoms with Crippen LogP contribution in [0.1, 0.15) is 24.7 Å². The van der Waals surface area contributed by atoms with Gasteiger partial charge in [0.05, 0.1) is 17.1 Å². The molecule has 0 spiro atoms. The van der Waals surface area contributed by atoms with E-state index in [4.69, 9.17) is 4.98 Å². The zero-order chi connectivity index (χ0) is 13.7. The molecule has 20 heavy (non-hydrogen) atoms. The molecule has 0 saturated carbocycles. The molecule has 0 radical (unpaired) electrons. The van der Waals surface area contributed by atoms with Crippen molar-refractivity contribution < 1.29 is 0 Å². The standard InChI is InChI=1S/C16H16BrN3/c1-20-8-2-3-14(20)16-18-13-7-4-10-9-11(17)5-6-12(10)15(13)19-16/h4-7,9,14H,2-3,8H2,1H3,(H,18,19). The summed E-state index contributed by atoms with van der Waals surface area (Å²) in [6.45, 7) is 1.16. The fourth-order valence-electron chi connectivity index (χ4n) is 3.21. The molecule has 2 aromatic carbocycles. The SMILES string of the molecule is CN1CCCC1c1nc2c(ccc3cc(Br)ccc32)[nH]1. The molecule has 1 aliphatic heterocycles. The minimum absolute atomic E-state index is 0.438. The highest BCUT2D eigenvalue weighted by Crippen LogP contribution is 2.32. The molecule has 1 unspecified atom stereocenters. The molecule has 1 aliphatic rings. The van der Waals surface area contributed by atoms with Crippen LogP contribution in [0.25, 0.3) is 21.8 Å². The first-order valence-electron chi connectivity index (χ1n) is 7.00. The number of hydrogen-bond acceptors (Lipinski definition) is 2. The van der Waals surface area contributed by atoms with E-state index >= 15 is 0 Å². The summed E-state index contributed by atoms with van der Waals surface area (Å²) < 4.78 is 1.11. The number of aromatic amines is 1. The van der Waals surface area contributed by atoms with Crippen molar-refractivity contribution in [3.63, 3.8) is 0 Å². The number of rotatable bonds is 1. The van der Waals surface area contributed by atoms with Crippen LogP contribution in [-0.4, -0.2) is 28.5 Å². The van der Waals surface area contributed by atoms with Crippen LogP contribution >= 0.6 is 15.9 Å². The third-order valence-electron chi connectivity index (χ3n) is 4.28. The minimum Gasteiger partial charge on any atom is -0.341 e. The normalized spacial score (nSPS) is 20.2. The Morgan fingerprint density at radius 2 is 2.20 bits per heavy atom. The second kappa shape index (κ2) is 4.57. The molecule has 1 aromatic heterocycles. The summed E-state index contributed by atoms with van der Waals surface area (Å²) in [6, 6.07) is 11.1. The van der Waals surface area contributed by atoms with Gasteiger partial charge in [0.2, 0.25) is 0 Å².